The molecule has 1 aliphatic heterocycles. The minimum absolute atomic E-state index is 0.102. The summed E-state index contributed by atoms with van der Waals surface area (Å²) in [6.07, 6.45) is 1.27. The molecule has 35 heavy (non-hydrogen) atoms. The van der Waals surface area contributed by atoms with Gasteiger partial charge in [-0.15, -0.1) is 0 Å². The summed E-state index contributed by atoms with van der Waals surface area (Å²) in [6, 6.07) is 13.9. The molecule has 0 atom stereocenters. The highest BCUT2D eigenvalue weighted by atomic mass is 32.2. The van der Waals surface area contributed by atoms with Crippen molar-refractivity contribution >= 4 is 56.8 Å². The van der Waals surface area contributed by atoms with Crippen LogP contribution in [0.2, 0.25) is 0 Å². The van der Waals surface area contributed by atoms with Crippen molar-refractivity contribution in [3.8, 4) is 0 Å². The Morgan fingerprint density at radius 1 is 1.00 bits per heavy atom. The van der Waals surface area contributed by atoms with Crippen molar-refractivity contribution in [2.24, 2.45) is 0 Å². The smallest absolute Gasteiger partial charge is 0.245 e. The molecule has 3 amide bonds. The second kappa shape index (κ2) is 12.9. The molecule has 0 bridgehead atoms. The topological polar surface area (TPSA) is 103 Å². The van der Waals surface area contributed by atoms with E-state index in [-0.39, 0.29) is 36.4 Å². The largest absolute Gasteiger partial charge is 0.364 e. The highest BCUT2D eigenvalue weighted by Gasteiger charge is 2.40. The molecule has 1 fully saturated rings. The van der Waals surface area contributed by atoms with Gasteiger partial charge >= 0.3 is 0 Å². The maximum absolute atomic E-state index is 13.1. The number of thiocarbonyl (C=S) groups is 1. The Bertz CT molecular complexity index is 1060. The fourth-order valence-electron chi connectivity index (χ4n) is 4.05. The maximum atomic E-state index is 13.1. The van der Waals surface area contributed by atoms with Crippen LogP contribution in [-0.2, 0) is 20.8 Å². The third kappa shape index (κ3) is 7.65. The number of amides is 3. The van der Waals surface area contributed by atoms with Crippen LogP contribution in [0.15, 0.2) is 42.5 Å². The minimum Gasteiger partial charge on any atom is -0.364 e. The van der Waals surface area contributed by atoms with Crippen LogP contribution < -0.4 is 21.3 Å². The number of fused-ring (bicyclic) bond motifs is 1. The van der Waals surface area contributed by atoms with Gasteiger partial charge in [0.2, 0.25) is 17.7 Å². The zero-order valence-corrected chi connectivity index (χ0v) is 21.8. The van der Waals surface area contributed by atoms with Crippen molar-refractivity contribution in [3.05, 3.63) is 48.0 Å². The van der Waals surface area contributed by atoms with Crippen molar-refractivity contribution in [1.82, 2.24) is 26.2 Å². The first kappa shape index (κ1) is 26.9. The zero-order valence-electron chi connectivity index (χ0n) is 20.2. The Morgan fingerprint density at radius 3 is 2.43 bits per heavy atom. The number of thioether (sulfide) groups is 1. The van der Waals surface area contributed by atoms with Crippen LogP contribution in [0.1, 0.15) is 18.4 Å². The Balaban J connectivity index is 1.48. The van der Waals surface area contributed by atoms with E-state index in [2.05, 4.69) is 21.3 Å². The van der Waals surface area contributed by atoms with Gasteiger partial charge in [-0.25, -0.2) is 0 Å². The monoisotopic (exact) mass is 515 g/mol. The van der Waals surface area contributed by atoms with Gasteiger partial charge in [0, 0.05) is 27.2 Å². The average Bonchev–Trinajstić information content (AvgIpc) is 2.85. The molecule has 4 N–H and O–H groups in total. The Morgan fingerprint density at radius 2 is 1.69 bits per heavy atom. The van der Waals surface area contributed by atoms with E-state index in [0.717, 1.165) is 16.3 Å². The molecule has 2 aromatic rings. The summed E-state index contributed by atoms with van der Waals surface area (Å²) in [7, 11) is 3.66. The molecule has 1 heterocycles. The zero-order chi connectivity index (χ0) is 25.3. The summed E-state index contributed by atoms with van der Waals surface area (Å²) < 4.78 is 0.614. The van der Waals surface area contributed by atoms with Crippen molar-refractivity contribution in [2.45, 2.75) is 24.8 Å². The van der Waals surface area contributed by atoms with Gasteiger partial charge in [-0.2, -0.15) is 0 Å². The Kier molecular flexibility index (Phi) is 9.88. The lowest BCUT2D eigenvalue weighted by molar-refractivity contribution is -0.133. The molecule has 0 aromatic heterocycles. The van der Waals surface area contributed by atoms with E-state index in [4.69, 9.17) is 12.2 Å². The van der Waals surface area contributed by atoms with Crippen molar-refractivity contribution in [3.63, 3.8) is 0 Å². The normalized spacial score (nSPS) is 14.7. The third-order valence-electron chi connectivity index (χ3n) is 5.93. The second-order valence-corrected chi connectivity index (χ2v) is 10.4. The van der Waals surface area contributed by atoms with E-state index >= 15 is 0 Å². The van der Waals surface area contributed by atoms with Crippen LogP contribution in [0.25, 0.3) is 10.8 Å². The lowest BCUT2D eigenvalue weighted by Crippen LogP contribution is -2.63. The van der Waals surface area contributed by atoms with E-state index < -0.39 is 5.54 Å². The van der Waals surface area contributed by atoms with Gasteiger partial charge in [-0.05, 0) is 42.3 Å². The van der Waals surface area contributed by atoms with E-state index in [9.17, 15) is 14.4 Å². The summed E-state index contributed by atoms with van der Waals surface area (Å²) >= 11 is 6.49. The molecule has 10 heteroatoms. The van der Waals surface area contributed by atoms with Crippen LogP contribution in [0.4, 0.5) is 0 Å². The number of hydrogen-bond acceptors (Lipinski definition) is 6. The number of hydrogen-bond donors (Lipinski definition) is 4. The van der Waals surface area contributed by atoms with Crippen molar-refractivity contribution in [2.75, 3.05) is 46.0 Å². The molecule has 0 saturated carbocycles. The molecule has 1 saturated heterocycles. The van der Waals surface area contributed by atoms with E-state index in [1.165, 1.54) is 11.8 Å². The van der Waals surface area contributed by atoms with E-state index in [1.54, 1.807) is 4.90 Å². The van der Waals surface area contributed by atoms with Gasteiger partial charge in [0.25, 0.3) is 0 Å². The van der Waals surface area contributed by atoms with Crippen LogP contribution in [0.5, 0.6) is 0 Å². The molecular weight excluding hydrogens is 482 g/mol. The number of nitrogens with zero attached hydrogens (tertiary/aromatic N) is 1. The SMILES string of the molecule is CN(C)C(=S)SCC(=O)NC1(C(=O)NCCNC(=O)Cc2cccc3ccccc23)CCNCC1. The van der Waals surface area contributed by atoms with Gasteiger partial charge in [-0.1, -0.05) is 66.4 Å². The first-order valence-electron chi connectivity index (χ1n) is 11.7. The molecular formula is C25H33N5O3S2. The predicted molar refractivity (Wildman–Crippen MR) is 145 cm³/mol. The van der Waals surface area contributed by atoms with Gasteiger partial charge in [-0.3, -0.25) is 14.4 Å². The Hall–Kier alpha value is -2.69. The highest BCUT2D eigenvalue weighted by molar-refractivity contribution is 8.23. The number of piperidine rings is 1. The molecule has 0 radical (unpaired) electrons. The number of carbonyl (C=O) groups is 3. The third-order valence-corrected chi connectivity index (χ3v) is 7.66. The van der Waals surface area contributed by atoms with Crippen LogP contribution in [0, 0.1) is 0 Å². The molecule has 3 rings (SSSR count). The molecule has 2 aromatic carbocycles. The minimum atomic E-state index is -0.963. The summed E-state index contributed by atoms with van der Waals surface area (Å²) in [6.45, 7) is 1.87. The van der Waals surface area contributed by atoms with Gasteiger partial charge in [0.15, 0.2) is 0 Å². The lowest BCUT2D eigenvalue weighted by Gasteiger charge is -2.37. The van der Waals surface area contributed by atoms with Gasteiger partial charge in [0.1, 0.15) is 9.86 Å². The first-order valence-corrected chi connectivity index (χ1v) is 13.1. The highest BCUT2D eigenvalue weighted by Crippen LogP contribution is 2.20. The number of carbonyl (C=O) groups excluding carboxylic acids is 3. The second-order valence-electron chi connectivity index (χ2n) is 8.75. The molecule has 1 aliphatic rings. The summed E-state index contributed by atoms with van der Waals surface area (Å²) in [5.41, 5.74) is 0.00269. The maximum Gasteiger partial charge on any atom is 0.245 e. The summed E-state index contributed by atoms with van der Waals surface area (Å²) in [5, 5.41) is 14.1. The fraction of sp³-hybridized carbons (Fsp3) is 0.440. The fourth-order valence-corrected chi connectivity index (χ4v) is 4.81. The first-order chi connectivity index (χ1) is 16.8. The Labute approximate surface area is 216 Å². The number of nitrogens with one attached hydrogen (secondary N) is 4. The predicted octanol–water partition coefficient (Wildman–Crippen LogP) is 1.43. The average molecular weight is 516 g/mol. The molecule has 0 aliphatic carbocycles. The lowest BCUT2D eigenvalue weighted by atomic mass is 9.87. The van der Waals surface area contributed by atoms with Gasteiger partial charge < -0.3 is 26.2 Å². The molecule has 0 spiro atoms. The van der Waals surface area contributed by atoms with Crippen molar-refractivity contribution < 1.29 is 14.4 Å². The van der Waals surface area contributed by atoms with E-state index in [1.807, 2.05) is 56.6 Å². The molecule has 188 valence electrons. The van der Waals surface area contributed by atoms with Crippen LogP contribution >= 0.6 is 24.0 Å². The van der Waals surface area contributed by atoms with Crippen LogP contribution in [-0.4, -0.2) is 78.5 Å². The van der Waals surface area contributed by atoms with E-state index in [0.29, 0.717) is 36.8 Å². The quantitative estimate of drug-likeness (QED) is 0.296. The summed E-state index contributed by atoms with van der Waals surface area (Å²) in [5.74, 6) is -0.395. The van der Waals surface area contributed by atoms with Crippen molar-refractivity contribution in [1.29, 1.82) is 0 Å². The molecule has 8 nitrogen and oxygen atoms in total. The van der Waals surface area contributed by atoms with Gasteiger partial charge in [0.05, 0.1) is 12.2 Å². The number of rotatable bonds is 9. The molecule has 0 unspecified atom stereocenters. The summed E-state index contributed by atoms with van der Waals surface area (Å²) in [4.78, 5) is 39.9. The van der Waals surface area contributed by atoms with Crippen LogP contribution in [0.3, 0.4) is 0 Å². The standard InChI is InChI=1S/C25H33N5O3S2/c1-30(2)24(34)35-17-22(32)29-25(10-12-26-13-11-25)23(33)28-15-14-27-21(31)16-19-8-5-7-18-6-3-4-9-20(18)19/h3-9,26H,10-17H2,1-2H3,(H,27,31)(H,28,33)(H,29,32). The number of benzene rings is 2.